The lowest BCUT2D eigenvalue weighted by Gasteiger charge is -2.08. The largest absolute Gasteiger partial charge is 0.495 e. The van der Waals surface area contributed by atoms with Crippen molar-refractivity contribution in [3.05, 3.63) is 58.2 Å². The molecule has 3 aromatic rings. The number of rotatable bonds is 4. The number of nitrogens with one attached hydrogen (secondary N) is 2. The third-order valence-electron chi connectivity index (χ3n) is 3.36. The summed E-state index contributed by atoms with van der Waals surface area (Å²) in [5.74, 6) is 0.670. The topological polar surface area (TPSA) is 37.0 Å². The Morgan fingerprint density at radius 1 is 1.14 bits per heavy atom. The maximum absolute atomic E-state index is 6.12. The fourth-order valence-corrected chi connectivity index (χ4v) is 2.71. The molecule has 2 N–H and O–H groups in total. The Bertz CT molecular complexity index is 783. The predicted octanol–water partition coefficient (Wildman–Crippen LogP) is 5.10. The van der Waals surface area contributed by atoms with Gasteiger partial charge in [-0.1, -0.05) is 29.3 Å². The molecule has 21 heavy (non-hydrogen) atoms. The molecule has 3 nitrogen and oxygen atoms in total. The highest BCUT2D eigenvalue weighted by atomic mass is 35.5. The number of ether oxygens (including phenoxy) is 1. The molecule has 0 saturated carbocycles. The maximum atomic E-state index is 6.12. The van der Waals surface area contributed by atoms with Crippen molar-refractivity contribution in [1.82, 2.24) is 4.98 Å². The molecule has 1 heterocycles. The summed E-state index contributed by atoms with van der Waals surface area (Å²) in [4.78, 5) is 3.22. The van der Waals surface area contributed by atoms with Crippen molar-refractivity contribution in [2.75, 3.05) is 12.4 Å². The van der Waals surface area contributed by atoms with Crippen molar-refractivity contribution in [2.24, 2.45) is 0 Å². The molecule has 0 amide bonds. The number of fused-ring (bicyclic) bond motifs is 1. The summed E-state index contributed by atoms with van der Waals surface area (Å²) < 4.78 is 5.14. The highest BCUT2D eigenvalue weighted by molar-refractivity contribution is 6.32. The standard InChI is InChI=1S/C16H14Cl2N2O/c1-21-16-5-3-12(7-14(16)18)19-8-10-9-20-15-6-11(17)2-4-13(10)15/h2-7,9,19-20H,8H2,1H3. The van der Waals surface area contributed by atoms with E-state index in [-0.39, 0.29) is 0 Å². The van der Waals surface area contributed by atoms with Crippen LogP contribution in [-0.2, 0) is 6.54 Å². The lowest BCUT2D eigenvalue weighted by molar-refractivity contribution is 0.415. The van der Waals surface area contributed by atoms with Crippen molar-refractivity contribution in [3.8, 4) is 5.75 Å². The molecule has 2 aromatic carbocycles. The van der Waals surface area contributed by atoms with Gasteiger partial charge in [-0.2, -0.15) is 0 Å². The molecule has 1 aromatic heterocycles. The first kappa shape index (κ1) is 14.1. The first-order valence-electron chi connectivity index (χ1n) is 6.50. The van der Waals surface area contributed by atoms with E-state index < -0.39 is 0 Å². The van der Waals surface area contributed by atoms with Crippen molar-refractivity contribution >= 4 is 39.8 Å². The monoisotopic (exact) mass is 320 g/mol. The SMILES string of the molecule is COc1ccc(NCc2c[nH]c3cc(Cl)ccc23)cc1Cl. The van der Waals surface area contributed by atoms with Crippen LogP contribution in [0, 0.1) is 0 Å². The third-order valence-corrected chi connectivity index (χ3v) is 3.89. The molecule has 0 radical (unpaired) electrons. The van der Waals surface area contributed by atoms with E-state index in [4.69, 9.17) is 27.9 Å². The van der Waals surface area contributed by atoms with Crippen LogP contribution < -0.4 is 10.1 Å². The van der Waals surface area contributed by atoms with Gasteiger partial charge in [0.1, 0.15) is 5.75 Å². The van der Waals surface area contributed by atoms with Crippen molar-refractivity contribution in [2.45, 2.75) is 6.54 Å². The lowest BCUT2D eigenvalue weighted by Crippen LogP contribution is -1.98. The average molecular weight is 321 g/mol. The van der Waals surface area contributed by atoms with Gasteiger partial charge in [0.25, 0.3) is 0 Å². The molecule has 0 unspecified atom stereocenters. The predicted molar refractivity (Wildman–Crippen MR) is 88.6 cm³/mol. The quantitative estimate of drug-likeness (QED) is 0.702. The summed E-state index contributed by atoms with van der Waals surface area (Å²) in [6.45, 7) is 0.699. The number of benzene rings is 2. The molecule has 3 rings (SSSR count). The molecule has 0 fully saturated rings. The molecular weight excluding hydrogens is 307 g/mol. The molecule has 0 aliphatic heterocycles. The Balaban J connectivity index is 1.78. The molecule has 0 bridgehead atoms. The first-order chi connectivity index (χ1) is 10.2. The molecule has 5 heteroatoms. The zero-order chi connectivity index (χ0) is 14.8. The van der Waals surface area contributed by atoms with E-state index in [1.807, 2.05) is 42.6 Å². The number of hydrogen-bond donors (Lipinski definition) is 2. The Morgan fingerprint density at radius 3 is 2.76 bits per heavy atom. The molecular formula is C16H14Cl2N2O. The fraction of sp³-hybridized carbons (Fsp3) is 0.125. The minimum atomic E-state index is 0.591. The summed E-state index contributed by atoms with van der Waals surface area (Å²) in [6, 6.07) is 11.5. The number of hydrogen-bond acceptors (Lipinski definition) is 2. The third kappa shape index (κ3) is 2.94. The van der Waals surface area contributed by atoms with E-state index in [0.29, 0.717) is 17.3 Å². The number of anilines is 1. The summed E-state index contributed by atoms with van der Waals surface area (Å²) >= 11 is 12.1. The zero-order valence-electron chi connectivity index (χ0n) is 11.4. The van der Waals surface area contributed by atoms with E-state index >= 15 is 0 Å². The number of aromatic nitrogens is 1. The van der Waals surface area contributed by atoms with Crippen LogP contribution in [0.15, 0.2) is 42.6 Å². The van der Waals surface area contributed by atoms with E-state index in [1.165, 1.54) is 5.56 Å². The minimum absolute atomic E-state index is 0.591. The van der Waals surface area contributed by atoms with Gasteiger partial charge in [-0.05, 0) is 35.9 Å². The summed E-state index contributed by atoms with van der Waals surface area (Å²) in [5, 5.41) is 5.83. The van der Waals surface area contributed by atoms with Crippen LogP contribution in [-0.4, -0.2) is 12.1 Å². The highest BCUT2D eigenvalue weighted by Gasteiger charge is 2.05. The van der Waals surface area contributed by atoms with Crippen LogP contribution >= 0.6 is 23.2 Å². The number of H-pyrrole nitrogens is 1. The van der Waals surface area contributed by atoms with Gasteiger partial charge in [-0.15, -0.1) is 0 Å². The van der Waals surface area contributed by atoms with Gasteiger partial charge in [0.05, 0.1) is 12.1 Å². The van der Waals surface area contributed by atoms with Crippen molar-refractivity contribution in [1.29, 1.82) is 0 Å². The van der Waals surface area contributed by atoms with Crippen LogP contribution in [0.2, 0.25) is 10.0 Å². The summed E-state index contributed by atoms with van der Waals surface area (Å²) in [5.41, 5.74) is 3.16. The van der Waals surface area contributed by atoms with Crippen molar-refractivity contribution in [3.63, 3.8) is 0 Å². The molecule has 0 saturated heterocycles. The second kappa shape index (κ2) is 5.88. The highest BCUT2D eigenvalue weighted by Crippen LogP contribution is 2.28. The van der Waals surface area contributed by atoms with Gasteiger partial charge >= 0.3 is 0 Å². The van der Waals surface area contributed by atoms with Crippen molar-refractivity contribution < 1.29 is 4.74 Å². The van der Waals surface area contributed by atoms with Crippen LogP contribution in [0.3, 0.4) is 0 Å². The normalized spacial score (nSPS) is 10.8. The van der Waals surface area contributed by atoms with E-state index in [0.717, 1.165) is 21.6 Å². The van der Waals surface area contributed by atoms with Gasteiger partial charge in [0.15, 0.2) is 0 Å². The van der Waals surface area contributed by atoms with Gasteiger partial charge in [0.2, 0.25) is 0 Å². The lowest BCUT2D eigenvalue weighted by atomic mass is 10.1. The van der Waals surface area contributed by atoms with Crippen LogP contribution in [0.1, 0.15) is 5.56 Å². The van der Waals surface area contributed by atoms with Crippen LogP contribution in [0.5, 0.6) is 5.75 Å². The van der Waals surface area contributed by atoms with E-state index in [2.05, 4.69) is 10.3 Å². The fourth-order valence-electron chi connectivity index (χ4n) is 2.28. The Morgan fingerprint density at radius 2 is 2.00 bits per heavy atom. The van der Waals surface area contributed by atoms with E-state index in [1.54, 1.807) is 7.11 Å². The van der Waals surface area contributed by atoms with Gasteiger partial charge < -0.3 is 15.0 Å². The number of methoxy groups -OCH3 is 1. The Labute approximate surface area is 132 Å². The minimum Gasteiger partial charge on any atom is -0.495 e. The number of halogens is 2. The van der Waals surface area contributed by atoms with Gasteiger partial charge in [0, 0.05) is 34.4 Å². The Kier molecular flexibility index (Phi) is 3.95. The second-order valence-electron chi connectivity index (χ2n) is 4.71. The van der Waals surface area contributed by atoms with Crippen LogP contribution in [0.25, 0.3) is 10.9 Å². The number of aromatic amines is 1. The second-order valence-corrected chi connectivity index (χ2v) is 5.55. The molecule has 0 spiro atoms. The maximum Gasteiger partial charge on any atom is 0.137 e. The first-order valence-corrected chi connectivity index (χ1v) is 7.26. The van der Waals surface area contributed by atoms with Gasteiger partial charge in [-0.3, -0.25) is 0 Å². The smallest absolute Gasteiger partial charge is 0.137 e. The summed E-state index contributed by atoms with van der Waals surface area (Å²) in [6.07, 6.45) is 1.99. The molecule has 108 valence electrons. The average Bonchev–Trinajstić information content (AvgIpc) is 2.87. The molecule has 0 atom stereocenters. The molecule has 0 aliphatic carbocycles. The Hall–Kier alpha value is -1.84. The zero-order valence-corrected chi connectivity index (χ0v) is 12.9. The molecule has 0 aliphatic rings. The van der Waals surface area contributed by atoms with Gasteiger partial charge in [-0.25, -0.2) is 0 Å². The summed E-state index contributed by atoms with van der Waals surface area (Å²) in [7, 11) is 1.60. The van der Waals surface area contributed by atoms with Crippen LogP contribution in [0.4, 0.5) is 5.69 Å². The van der Waals surface area contributed by atoms with E-state index in [9.17, 15) is 0 Å².